The van der Waals surface area contributed by atoms with Crippen LogP contribution in [0.3, 0.4) is 0 Å². The SMILES string of the molecule is C=CCC(SC)/C(C)=C/C(C)C(=O)CC(CCC1(C)CCC(OC(=O)NC/C(C=C)=C/N=C(\C)N2CCN(C(=O)CCCCCC)CC2)CC1)C1CC1. The Morgan fingerprint density at radius 1 is 1.02 bits per heavy atom. The second-order valence-corrected chi connectivity index (χ2v) is 17.3. The molecule has 3 atom stereocenters. The fourth-order valence-electron chi connectivity index (χ4n) is 7.86. The van der Waals surface area contributed by atoms with Crippen molar-refractivity contribution in [3.63, 3.8) is 0 Å². The van der Waals surface area contributed by atoms with E-state index in [4.69, 9.17) is 4.74 Å². The quantitative estimate of drug-likeness (QED) is 0.0389. The van der Waals surface area contributed by atoms with E-state index < -0.39 is 6.09 Å². The van der Waals surface area contributed by atoms with Gasteiger partial charge in [-0.25, -0.2) is 9.79 Å². The molecule has 3 unspecified atom stereocenters. The molecule has 2 aliphatic carbocycles. The lowest BCUT2D eigenvalue weighted by atomic mass is 9.70. The predicted molar refractivity (Wildman–Crippen MR) is 223 cm³/mol. The number of aliphatic imine (C=N–C) groups is 1. The summed E-state index contributed by atoms with van der Waals surface area (Å²) >= 11 is 1.82. The summed E-state index contributed by atoms with van der Waals surface area (Å²) in [7, 11) is 0. The smallest absolute Gasteiger partial charge is 0.407 e. The van der Waals surface area contributed by atoms with Gasteiger partial charge in [-0.1, -0.05) is 70.4 Å². The van der Waals surface area contributed by atoms with Crippen molar-refractivity contribution < 1.29 is 19.1 Å². The molecule has 0 spiro atoms. The van der Waals surface area contributed by atoms with Crippen molar-refractivity contribution in [2.24, 2.45) is 28.2 Å². The maximum absolute atomic E-state index is 13.3. The number of alkyl carbamates (subject to hydrolysis) is 1. The molecule has 1 N–H and O–H groups in total. The molecule has 3 fully saturated rings. The van der Waals surface area contributed by atoms with E-state index >= 15 is 0 Å². The Balaban J connectivity index is 1.38. The van der Waals surface area contributed by atoms with Gasteiger partial charge in [0.1, 0.15) is 17.7 Å². The molecule has 0 aromatic carbocycles. The molecule has 3 aliphatic rings. The highest BCUT2D eigenvalue weighted by atomic mass is 32.2. The zero-order valence-electron chi connectivity index (χ0n) is 34.1. The van der Waals surface area contributed by atoms with Crippen molar-refractivity contribution in [1.82, 2.24) is 15.1 Å². The first kappa shape index (κ1) is 44.6. The number of piperazine rings is 1. The largest absolute Gasteiger partial charge is 0.446 e. The molecule has 0 bridgehead atoms. The average Bonchev–Trinajstić information content (AvgIpc) is 4.00. The number of rotatable bonds is 22. The van der Waals surface area contributed by atoms with Gasteiger partial charge in [-0.2, -0.15) is 11.8 Å². The molecule has 1 saturated heterocycles. The summed E-state index contributed by atoms with van der Waals surface area (Å²) in [4.78, 5) is 47.5. The number of ketones is 1. The molecule has 8 nitrogen and oxygen atoms in total. The maximum atomic E-state index is 13.3. The van der Waals surface area contributed by atoms with E-state index in [0.29, 0.717) is 42.3 Å². The third-order valence-corrected chi connectivity index (χ3v) is 13.1. The van der Waals surface area contributed by atoms with Crippen molar-refractivity contribution >= 4 is 35.4 Å². The van der Waals surface area contributed by atoms with Gasteiger partial charge in [-0.15, -0.1) is 6.58 Å². The Morgan fingerprint density at radius 3 is 2.30 bits per heavy atom. The fraction of sp³-hybridized carbons (Fsp3) is 0.727. The number of hydrogen-bond donors (Lipinski definition) is 1. The van der Waals surface area contributed by atoms with Crippen LogP contribution in [0, 0.1) is 23.2 Å². The summed E-state index contributed by atoms with van der Waals surface area (Å²) in [5.74, 6) is 2.66. The topological polar surface area (TPSA) is 91.3 Å². The van der Waals surface area contributed by atoms with Crippen LogP contribution in [0.25, 0.3) is 0 Å². The molecule has 53 heavy (non-hydrogen) atoms. The standard InChI is InChI=1S/C44H72N4O4S/c1-9-12-13-14-16-42(50)48-27-25-47(26-28-48)35(6)45-31-36(11-3)32-46-43(51)52-39-20-23-44(7,24-21-39)22-19-38(37-17-18-37)30-40(49)33(4)29-34(5)41(53-8)15-10-2/h10-11,29,31,33,37-39,41H,2-3,9,12-28,30,32H2,1,4-8H3,(H,46,51)/b34-29+,36-31+,45-35+. The molecule has 0 aromatic heterocycles. The number of carbonyl (C=O) groups excluding carboxylic acids is 3. The number of ether oxygens (including phenoxy) is 1. The summed E-state index contributed by atoms with van der Waals surface area (Å²) in [6, 6.07) is 0. The number of unbranched alkanes of at least 4 members (excludes halogenated alkanes) is 3. The third kappa shape index (κ3) is 15.8. The highest BCUT2D eigenvalue weighted by molar-refractivity contribution is 7.99. The predicted octanol–water partition coefficient (Wildman–Crippen LogP) is 9.92. The summed E-state index contributed by atoms with van der Waals surface area (Å²) < 4.78 is 5.85. The molecule has 3 rings (SSSR count). The number of nitrogens with zero attached hydrogens (tertiary/aromatic N) is 3. The van der Waals surface area contributed by atoms with Crippen LogP contribution in [-0.4, -0.2) is 83.8 Å². The number of allylic oxidation sites excluding steroid dienone is 2. The van der Waals surface area contributed by atoms with E-state index in [2.05, 4.69) is 68.4 Å². The minimum atomic E-state index is -0.401. The molecular weight excluding hydrogens is 681 g/mol. The lowest BCUT2D eigenvalue weighted by molar-refractivity contribution is -0.132. The van der Waals surface area contributed by atoms with Gasteiger partial charge in [0.2, 0.25) is 5.91 Å². The van der Waals surface area contributed by atoms with E-state index in [1.807, 2.05) is 29.7 Å². The molecule has 0 radical (unpaired) electrons. The minimum absolute atomic E-state index is 0.0464. The molecule has 9 heteroatoms. The Bertz CT molecular complexity index is 1290. The fourth-order valence-corrected chi connectivity index (χ4v) is 8.64. The maximum Gasteiger partial charge on any atom is 0.407 e. The monoisotopic (exact) mass is 753 g/mol. The highest BCUT2D eigenvalue weighted by Gasteiger charge is 2.37. The van der Waals surface area contributed by atoms with Crippen molar-refractivity contribution in [2.45, 2.75) is 142 Å². The van der Waals surface area contributed by atoms with Gasteiger partial charge in [0.05, 0.1) is 0 Å². The van der Waals surface area contributed by atoms with Gasteiger partial charge in [0.15, 0.2) is 0 Å². The van der Waals surface area contributed by atoms with Crippen molar-refractivity contribution in [2.75, 3.05) is 39.0 Å². The van der Waals surface area contributed by atoms with Crippen LogP contribution in [0.5, 0.6) is 0 Å². The minimum Gasteiger partial charge on any atom is -0.446 e. The van der Waals surface area contributed by atoms with E-state index in [9.17, 15) is 14.4 Å². The number of hydrogen-bond acceptors (Lipinski definition) is 6. The second-order valence-electron chi connectivity index (χ2n) is 16.3. The van der Waals surface area contributed by atoms with Crippen LogP contribution in [0.1, 0.15) is 131 Å². The van der Waals surface area contributed by atoms with E-state index in [1.54, 1.807) is 12.3 Å². The molecular formula is C44H72N4O4S. The normalized spacial score (nSPS) is 23.2. The van der Waals surface area contributed by atoms with Crippen molar-refractivity contribution in [3.8, 4) is 0 Å². The first-order chi connectivity index (χ1) is 25.4. The van der Waals surface area contributed by atoms with E-state index in [1.165, 1.54) is 31.3 Å². The number of amides is 2. The lowest BCUT2D eigenvalue weighted by Crippen LogP contribution is -2.50. The van der Waals surface area contributed by atoms with Gasteiger partial charge in [-0.3, -0.25) is 9.59 Å². The molecule has 298 valence electrons. The second kappa shape index (κ2) is 23.2. The number of carbonyl (C=O) groups is 3. The molecule has 2 amide bonds. The Hall–Kier alpha value is -2.81. The number of nitrogens with one attached hydrogen (secondary N) is 1. The zero-order valence-corrected chi connectivity index (χ0v) is 35.0. The van der Waals surface area contributed by atoms with Crippen molar-refractivity contribution in [3.05, 3.63) is 48.7 Å². The summed E-state index contributed by atoms with van der Waals surface area (Å²) in [5, 5.41) is 3.29. The first-order valence-electron chi connectivity index (χ1n) is 20.6. The van der Waals surface area contributed by atoms with Crippen molar-refractivity contribution in [1.29, 1.82) is 0 Å². The van der Waals surface area contributed by atoms with Crippen LogP contribution < -0.4 is 5.32 Å². The summed E-state index contributed by atoms with van der Waals surface area (Å²) in [5.41, 5.74) is 2.30. The van der Waals surface area contributed by atoms with Crippen LogP contribution in [-0.2, 0) is 14.3 Å². The molecule has 0 aromatic rings. The summed E-state index contributed by atoms with van der Waals surface area (Å²) in [6.07, 6.45) is 24.5. The van der Waals surface area contributed by atoms with Gasteiger partial charge in [0.25, 0.3) is 0 Å². The lowest BCUT2D eigenvalue weighted by Gasteiger charge is -2.38. The average molecular weight is 753 g/mol. The van der Waals surface area contributed by atoms with Gasteiger partial charge in [0, 0.05) is 62.9 Å². The van der Waals surface area contributed by atoms with Crippen LogP contribution in [0.2, 0.25) is 0 Å². The third-order valence-electron chi connectivity index (χ3n) is 11.9. The highest BCUT2D eigenvalue weighted by Crippen LogP contribution is 2.46. The van der Waals surface area contributed by atoms with Gasteiger partial charge in [-0.05, 0) is 107 Å². The number of amidine groups is 1. The number of Topliss-reactive ketones (excluding diaryl/α,β-unsaturated/α-hetero) is 1. The van der Waals surface area contributed by atoms with Gasteiger partial charge < -0.3 is 19.9 Å². The first-order valence-corrected chi connectivity index (χ1v) is 21.9. The van der Waals surface area contributed by atoms with Crippen LogP contribution in [0.15, 0.2) is 53.7 Å². The molecule has 2 saturated carbocycles. The number of thioether (sulfide) groups is 1. The molecule has 1 heterocycles. The van der Waals surface area contributed by atoms with Crippen LogP contribution in [0.4, 0.5) is 4.79 Å². The van der Waals surface area contributed by atoms with Crippen LogP contribution >= 0.6 is 11.8 Å². The Labute approximate surface area is 326 Å². The van der Waals surface area contributed by atoms with Gasteiger partial charge >= 0.3 is 6.09 Å². The van der Waals surface area contributed by atoms with E-state index in [-0.39, 0.29) is 23.3 Å². The zero-order chi connectivity index (χ0) is 38.8. The van der Waals surface area contributed by atoms with E-state index in [0.717, 1.165) is 95.4 Å². The Kier molecular flexibility index (Phi) is 19.5. The summed E-state index contributed by atoms with van der Waals surface area (Å²) in [6.45, 7) is 21.8. The molecule has 1 aliphatic heterocycles. The Morgan fingerprint density at radius 2 is 1.70 bits per heavy atom.